The van der Waals surface area contributed by atoms with Crippen LogP contribution in [0.1, 0.15) is 48.8 Å². The summed E-state index contributed by atoms with van der Waals surface area (Å²) in [5.41, 5.74) is 4.37. The Morgan fingerprint density at radius 1 is 1.05 bits per heavy atom. The molecule has 2 saturated carbocycles. The van der Waals surface area contributed by atoms with E-state index in [0.29, 0.717) is 5.78 Å². The molecule has 3 heteroatoms. The average molecular weight is 299 g/mol. The Morgan fingerprint density at radius 2 is 1.59 bits per heavy atom. The van der Waals surface area contributed by atoms with Gasteiger partial charge in [0.05, 0.1) is 0 Å². The summed E-state index contributed by atoms with van der Waals surface area (Å²) in [6, 6.07) is 4.20. The van der Waals surface area contributed by atoms with E-state index in [0.717, 1.165) is 48.9 Å². The fraction of sp³-hybridized carbons (Fsp3) is 0.579. The lowest BCUT2D eigenvalue weighted by Gasteiger charge is -2.37. The predicted octanol–water partition coefficient (Wildman–Crippen LogP) is 3.95. The van der Waals surface area contributed by atoms with Crippen LogP contribution in [0, 0.1) is 38.5 Å². The highest BCUT2D eigenvalue weighted by atomic mass is 16.2. The number of fused-ring (bicyclic) bond motifs is 2. The molecule has 0 aliphatic heterocycles. The first-order valence-electron chi connectivity index (χ1n) is 8.38. The van der Waals surface area contributed by atoms with Crippen molar-refractivity contribution in [2.24, 2.45) is 17.8 Å². The summed E-state index contributed by atoms with van der Waals surface area (Å²) in [5.74, 6) is 0.762. The van der Waals surface area contributed by atoms with Crippen LogP contribution in [0.25, 0.3) is 0 Å². The Balaban J connectivity index is 1.74. The molecule has 1 N–H and O–H groups in total. The van der Waals surface area contributed by atoms with Crippen molar-refractivity contribution in [3.8, 4) is 0 Å². The predicted molar refractivity (Wildman–Crippen MR) is 87.8 cm³/mol. The normalized spacial score (nSPS) is 27.6. The molecule has 1 aromatic rings. The number of amides is 1. The average Bonchev–Trinajstić information content (AvgIpc) is 2.42. The summed E-state index contributed by atoms with van der Waals surface area (Å²) in [7, 11) is 0. The molecule has 0 radical (unpaired) electrons. The first-order chi connectivity index (χ1) is 10.5. The number of ketones is 1. The van der Waals surface area contributed by atoms with Crippen LogP contribution in [0.4, 0.5) is 5.69 Å². The van der Waals surface area contributed by atoms with Crippen LogP contribution >= 0.6 is 0 Å². The van der Waals surface area contributed by atoms with Crippen molar-refractivity contribution in [2.75, 3.05) is 5.32 Å². The summed E-state index contributed by atoms with van der Waals surface area (Å²) in [6.45, 7) is 6.14. The van der Waals surface area contributed by atoms with E-state index in [1.165, 1.54) is 5.56 Å². The van der Waals surface area contributed by atoms with E-state index < -0.39 is 0 Å². The minimum absolute atomic E-state index is 0.00639. The van der Waals surface area contributed by atoms with Gasteiger partial charge < -0.3 is 5.32 Å². The zero-order valence-corrected chi connectivity index (χ0v) is 13.7. The van der Waals surface area contributed by atoms with Gasteiger partial charge in [-0.25, -0.2) is 0 Å². The second kappa shape index (κ2) is 5.86. The van der Waals surface area contributed by atoms with E-state index >= 15 is 0 Å². The summed E-state index contributed by atoms with van der Waals surface area (Å²) >= 11 is 0. The van der Waals surface area contributed by atoms with Gasteiger partial charge in [-0.1, -0.05) is 24.1 Å². The monoisotopic (exact) mass is 299 g/mol. The van der Waals surface area contributed by atoms with Crippen LogP contribution in [0.5, 0.6) is 0 Å². The highest BCUT2D eigenvalue weighted by molar-refractivity contribution is 5.96. The first kappa shape index (κ1) is 15.3. The molecular formula is C19H25NO2. The quantitative estimate of drug-likeness (QED) is 0.899. The topological polar surface area (TPSA) is 46.2 Å². The van der Waals surface area contributed by atoms with E-state index in [9.17, 15) is 9.59 Å². The van der Waals surface area contributed by atoms with Gasteiger partial charge in [0.2, 0.25) is 5.91 Å². The fourth-order valence-corrected chi connectivity index (χ4v) is 4.30. The van der Waals surface area contributed by atoms with Crippen LogP contribution in [0.3, 0.4) is 0 Å². The highest BCUT2D eigenvalue weighted by Crippen LogP contribution is 2.40. The molecule has 3 rings (SSSR count). The standard InChI is InChI=1S/C19H25NO2/c1-11-7-12(2)17(13(3)8-11)20-19(22)16-9-14-5-4-6-15(10-16)18(14)21/h7-8,14-16H,4-6,9-10H2,1-3H3,(H,20,22). The first-order valence-corrected chi connectivity index (χ1v) is 8.38. The van der Waals surface area contributed by atoms with Crippen molar-refractivity contribution < 1.29 is 9.59 Å². The molecule has 0 aromatic heterocycles. The Morgan fingerprint density at radius 3 is 2.14 bits per heavy atom. The molecule has 0 spiro atoms. The number of carbonyl (C=O) groups is 2. The van der Waals surface area contributed by atoms with Crippen LogP contribution in [-0.2, 0) is 9.59 Å². The molecule has 2 fully saturated rings. The third-order valence-corrected chi connectivity index (χ3v) is 5.34. The molecule has 3 nitrogen and oxygen atoms in total. The largest absolute Gasteiger partial charge is 0.325 e. The Labute approximate surface area is 132 Å². The lowest BCUT2D eigenvalue weighted by molar-refractivity contribution is -0.136. The molecule has 2 aliphatic rings. The van der Waals surface area contributed by atoms with Gasteiger partial charge in [-0.15, -0.1) is 0 Å². The SMILES string of the molecule is Cc1cc(C)c(NC(=O)C2CC3CCCC(C2)C3=O)c(C)c1. The maximum atomic E-state index is 12.7. The van der Waals surface area contributed by atoms with Crippen LogP contribution in [0.15, 0.2) is 12.1 Å². The van der Waals surface area contributed by atoms with Crippen LogP contribution in [-0.4, -0.2) is 11.7 Å². The van der Waals surface area contributed by atoms with Crippen molar-refractivity contribution in [1.82, 2.24) is 0 Å². The van der Waals surface area contributed by atoms with E-state index in [1.54, 1.807) is 0 Å². The number of hydrogen-bond donors (Lipinski definition) is 1. The molecule has 2 atom stereocenters. The Kier molecular flexibility index (Phi) is 4.07. The number of hydrogen-bond acceptors (Lipinski definition) is 2. The van der Waals surface area contributed by atoms with Gasteiger partial charge in [0.1, 0.15) is 5.78 Å². The number of rotatable bonds is 2. The Hall–Kier alpha value is -1.64. The van der Waals surface area contributed by atoms with Gasteiger partial charge in [0, 0.05) is 23.4 Å². The highest BCUT2D eigenvalue weighted by Gasteiger charge is 2.41. The van der Waals surface area contributed by atoms with Crippen LogP contribution < -0.4 is 5.32 Å². The second-order valence-electron chi connectivity index (χ2n) is 7.16. The number of Topliss-reactive ketones (excluding diaryl/α,β-unsaturated/α-hetero) is 1. The van der Waals surface area contributed by atoms with Gasteiger partial charge in [-0.3, -0.25) is 9.59 Å². The van der Waals surface area contributed by atoms with Crippen molar-refractivity contribution in [3.63, 3.8) is 0 Å². The molecule has 1 aromatic carbocycles. The molecule has 22 heavy (non-hydrogen) atoms. The third-order valence-electron chi connectivity index (χ3n) is 5.34. The smallest absolute Gasteiger partial charge is 0.227 e. The van der Waals surface area contributed by atoms with Gasteiger partial charge in [-0.05, 0) is 57.6 Å². The summed E-state index contributed by atoms with van der Waals surface area (Å²) in [5, 5.41) is 3.13. The van der Waals surface area contributed by atoms with Crippen molar-refractivity contribution in [3.05, 3.63) is 28.8 Å². The number of carbonyl (C=O) groups excluding carboxylic acids is 2. The van der Waals surface area contributed by atoms with E-state index in [1.807, 2.05) is 13.8 Å². The zero-order valence-electron chi connectivity index (χ0n) is 13.7. The molecular weight excluding hydrogens is 274 g/mol. The van der Waals surface area contributed by atoms with Gasteiger partial charge in [0.15, 0.2) is 0 Å². The van der Waals surface area contributed by atoms with Crippen molar-refractivity contribution in [1.29, 1.82) is 0 Å². The summed E-state index contributed by atoms with van der Waals surface area (Å²) in [6.07, 6.45) is 4.57. The number of benzene rings is 1. The van der Waals surface area contributed by atoms with E-state index in [-0.39, 0.29) is 23.7 Å². The lowest BCUT2D eigenvalue weighted by atomic mass is 9.67. The van der Waals surface area contributed by atoms with Crippen LogP contribution in [0.2, 0.25) is 0 Å². The van der Waals surface area contributed by atoms with E-state index in [2.05, 4.69) is 24.4 Å². The Bertz CT molecular complexity index is 581. The summed E-state index contributed by atoms with van der Waals surface area (Å²) < 4.78 is 0. The molecule has 2 aliphatic carbocycles. The van der Waals surface area contributed by atoms with Crippen molar-refractivity contribution in [2.45, 2.75) is 52.9 Å². The molecule has 1 amide bonds. The maximum absolute atomic E-state index is 12.7. The minimum atomic E-state index is -0.00639. The fourth-order valence-electron chi connectivity index (χ4n) is 4.30. The van der Waals surface area contributed by atoms with Gasteiger partial charge in [0.25, 0.3) is 0 Å². The maximum Gasteiger partial charge on any atom is 0.227 e. The van der Waals surface area contributed by atoms with Crippen molar-refractivity contribution >= 4 is 17.4 Å². The number of aryl methyl sites for hydroxylation is 3. The van der Waals surface area contributed by atoms with E-state index in [4.69, 9.17) is 0 Å². The minimum Gasteiger partial charge on any atom is -0.325 e. The molecule has 2 unspecified atom stereocenters. The molecule has 118 valence electrons. The summed E-state index contributed by atoms with van der Waals surface area (Å²) in [4.78, 5) is 24.8. The zero-order chi connectivity index (χ0) is 15.9. The molecule has 2 bridgehead atoms. The molecule has 0 heterocycles. The lowest BCUT2D eigenvalue weighted by Crippen LogP contribution is -2.40. The van der Waals surface area contributed by atoms with Gasteiger partial charge in [-0.2, -0.15) is 0 Å². The number of anilines is 1. The third kappa shape index (κ3) is 2.81. The second-order valence-corrected chi connectivity index (χ2v) is 7.16. The number of nitrogens with one attached hydrogen (secondary N) is 1. The van der Waals surface area contributed by atoms with Gasteiger partial charge >= 0.3 is 0 Å². The molecule has 0 saturated heterocycles.